The molecule has 76 valence electrons. The summed E-state index contributed by atoms with van der Waals surface area (Å²) in [7, 11) is 0. The van der Waals surface area contributed by atoms with Crippen molar-refractivity contribution < 1.29 is 4.74 Å². The van der Waals surface area contributed by atoms with Crippen molar-refractivity contribution in [1.82, 2.24) is 0 Å². The molecule has 1 aliphatic rings. The fraction of sp³-hybridized carbons (Fsp3) is 0.500. The molecule has 0 spiro atoms. The Morgan fingerprint density at radius 1 is 1.36 bits per heavy atom. The summed E-state index contributed by atoms with van der Waals surface area (Å²) in [5.41, 5.74) is 8.52. The molecule has 0 radical (unpaired) electrons. The van der Waals surface area contributed by atoms with Gasteiger partial charge in [-0.3, -0.25) is 0 Å². The predicted octanol–water partition coefficient (Wildman–Crippen LogP) is 2.17. The molecule has 1 aliphatic heterocycles. The highest BCUT2D eigenvalue weighted by atomic mass is 16.5. The van der Waals surface area contributed by atoms with Crippen LogP contribution in [0.15, 0.2) is 24.3 Å². The highest BCUT2D eigenvalue weighted by Crippen LogP contribution is 2.29. The molecule has 2 atom stereocenters. The molecule has 2 N–H and O–H groups in total. The molecule has 1 fully saturated rings. The third-order valence-electron chi connectivity index (χ3n) is 2.86. The third-order valence-corrected chi connectivity index (χ3v) is 2.86. The maximum atomic E-state index is 5.93. The van der Waals surface area contributed by atoms with Crippen LogP contribution < -0.4 is 5.73 Å². The van der Waals surface area contributed by atoms with Crippen molar-refractivity contribution >= 4 is 0 Å². The Kier molecular flexibility index (Phi) is 2.85. The molecular formula is C12H17NO. The topological polar surface area (TPSA) is 35.2 Å². The van der Waals surface area contributed by atoms with E-state index in [4.69, 9.17) is 10.5 Å². The Morgan fingerprint density at radius 2 is 2.14 bits per heavy atom. The van der Waals surface area contributed by atoms with E-state index >= 15 is 0 Å². The summed E-state index contributed by atoms with van der Waals surface area (Å²) >= 11 is 0. The molecule has 14 heavy (non-hydrogen) atoms. The smallest absolute Gasteiger partial charge is 0.0842 e. The molecule has 1 aromatic rings. The van der Waals surface area contributed by atoms with Gasteiger partial charge in [0.15, 0.2) is 0 Å². The fourth-order valence-electron chi connectivity index (χ4n) is 1.99. The van der Waals surface area contributed by atoms with Gasteiger partial charge >= 0.3 is 0 Å². The number of hydrogen-bond donors (Lipinski definition) is 1. The largest absolute Gasteiger partial charge is 0.373 e. The zero-order valence-electron chi connectivity index (χ0n) is 8.57. The first-order chi connectivity index (χ1) is 6.77. The molecule has 0 bridgehead atoms. The van der Waals surface area contributed by atoms with Crippen LogP contribution in [0.5, 0.6) is 0 Å². The maximum Gasteiger partial charge on any atom is 0.0842 e. The van der Waals surface area contributed by atoms with Crippen molar-refractivity contribution in [3.63, 3.8) is 0 Å². The lowest BCUT2D eigenvalue weighted by atomic mass is 9.95. The van der Waals surface area contributed by atoms with E-state index in [1.807, 2.05) is 0 Å². The molecule has 0 saturated carbocycles. The molecule has 2 nitrogen and oxygen atoms in total. The molecule has 2 unspecified atom stereocenters. The van der Waals surface area contributed by atoms with Crippen molar-refractivity contribution in [1.29, 1.82) is 0 Å². The van der Waals surface area contributed by atoms with Gasteiger partial charge < -0.3 is 10.5 Å². The summed E-state index contributed by atoms with van der Waals surface area (Å²) in [6.07, 6.45) is 2.15. The molecular weight excluding hydrogens is 174 g/mol. The molecule has 2 heteroatoms. The fourth-order valence-corrected chi connectivity index (χ4v) is 1.99. The van der Waals surface area contributed by atoms with Crippen LogP contribution in [0.2, 0.25) is 0 Å². The number of aryl methyl sites for hydroxylation is 1. The molecule has 0 aromatic heterocycles. The highest BCUT2D eigenvalue weighted by molar-refractivity contribution is 5.28. The summed E-state index contributed by atoms with van der Waals surface area (Å²) < 4.78 is 5.74. The number of benzene rings is 1. The standard InChI is InChI=1S/C12H17NO/c1-9-4-2-3-5-11(9)12-8-10(13)6-7-14-12/h2-5,10,12H,6-8,13H2,1H3. The second kappa shape index (κ2) is 4.11. The average molecular weight is 191 g/mol. The molecule has 0 amide bonds. The first-order valence-electron chi connectivity index (χ1n) is 5.20. The Bertz CT molecular complexity index is 311. The summed E-state index contributed by atoms with van der Waals surface area (Å²) in [4.78, 5) is 0. The maximum absolute atomic E-state index is 5.93. The van der Waals surface area contributed by atoms with Crippen molar-refractivity contribution in [2.75, 3.05) is 6.61 Å². The Balaban J connectivity index is 2.18. The van der Waals surface area contributed by atoms with Crippen molar-refractivity contribution in [2.45, 2.75) is 31.9 Å². The van der Waals surface area contributed by atoms with Gasteiger partial charge in [0.05, 0.1) is 6.10 Å². The zero-order valence-corrected chi connectivity index (χ0v) is 8.57. The lowest BCUT2D eigenvalue weighted by Gasteiger charge is -2.28. The van der Waals surface area contributed by atoms with Crippen LogP contribution in [0.3, 0.4) is 0 Å². The van der Waals surface area contributed by atoms with Crippen molar-refractivity contribution in [2.24, 2.45) is 5.73 Å². The van der Waals surface area contributed by atoms with Gasteiger partial charge in [-0.25, -0.2) is 0 Å². The van der Waals surface area contributed by atoms with Gasteiger partial charge in [0.1, 0.15) is 0 Å². The van der Waals surface area contributed by atoms with E-state index < -0.39 is 0 Å². The minimum absolute atomic E-state index is 0.208. The van der Waals surface area contributed by atoms with Crippen LogP contribution in [0, 0.1) is 6.92 Å². The van der Waals surface area contributed by atoms with Gasteiger partial charge in [-0.05, 0) is 30.9 Å². The summed E-state index contributed by atoms with van der Waals surface area (Å²) in [6, 6.07) is 8.68. The van der Waals surface area contributed by atoms with E-state index in [1.54, 1.807) is 0 Å². The summed E-state index contributed by atoms with van der Waals surface area (Å²) in [6.45, 7) is 2.92. The van der Waals surface area contributed by atoms with Crippen molar-refractivity contribution in [3.8, 4) is 0 Å². The van der Waals surface area contributed by atoms with Crippen LogP contribution >= 0.6 is 0 Å². The van der Waals surface area contributed by atoms with Gasteiger partial charge in [-0.15, -0.1) is 0 Å². The minimum Gasteiger partial charge on any atom is -0.373 e. The van der Waals surface area contributed by atoms with Gasteiger partial charge in [0, 0.05) is 12.6 Å². The molecule has 1 saturated heterocycles. The van der Waals surface area contributed by atoms with Crippen molar-refractivity contribution in [3.05, 3.63) is 35.4 Å². The van der Waals surface area contributed by atoms with E-state index in [1.165, 1.54) is 11.1 Å². The van der Waals surface area contributed by atoms with Crippen LogP contribution in [0.1, 0.15) is 30.1 Å². The number of rotatable bonds is 1. The van der Waals surface area contributed by atoms with E-state index in [0.29, 0.717) is 6.04 Å². The third kappa shape index (κ3) is 1.97. The SMILES string of the molecule is Cc1ccccc1C1CC(N)CCO1. The monoisotopic (exact) mass is 191 g/mol. The predicted molar refractivity (Wildman–Crippen MR) is 57.1 cm³/mol. The molecule has 0 aliphatic carbocycles. The lowest BCUT2D eigenvalue weighted by Crippen LogP contribution is -2.30. The van der Waals surface area contributed by atoms with Gasteiger partial charge in [-0.2, -0.15) is 0 Å². The second-order valence-corrected chi connectivity index (χ2v) is 4.00. The lowest BCUT2D eigenvalue weighted by molar-refractivity contribution is 0.00633. The van der Waals surface area contributed by atoms with Gasteiger partial charge in [0.25, 0.3) is 0 Å². The minimum atomic E-state index is 0.208. The number of hydrogen-bond acceptors (Lipinski definition) is 2. The Hall–Kier alpha value is -0.860. The zero-order chi connectivity index (χ0) is 9.97. The van der Waals surface area contributed by atoms with Crippen LogP contribution in [0.4, 0.5) is 0 Å². The highest BCUT2D eigenvalue weighted by Gasteiger charge is 2.22. The summed E-state index contributed by atoms with van der Waals surface area (Å²) in [5.74, 6) is 0. The first-order valence-corrected chi connectivity index (χ1v) is 5.20. The van der Waals surface area contributed by atoms with E-state index in [9.17, 15) is 0 Å². The Morgan fingerprint density at radius 3 is 2.86 bits per heavy atom. The molecule has 1 heterocycles. The molecule has 1 aromatic carbocycles. The quantitative estimate of drug-likeness (QED) is 0.738. The normalized spacial score (nSPS) is 27.6. The van der Waals surface area contributed by atoms with Crippen LogP contribution in [-0.2, 0) is 4.74 Å². The van der Waals surface area contributed by atoms with E-state index in [2.05, 4.69) is 31.2 Å². The van der Waals surface area contributed by atoms with Gasteiger partial charge in [-0.1, -0.05) is 24.3 Å². The molecule has 2 rings (SSSR count). The van der Waals surface area contributed by atoms with Gasteiger partial charge in [0.2, 0.25) is 0 Å². The average Bonchev–Trinajstić information content (AvgIpc) is 2.18. The van der Waals surface area contributed by atoms with E-state index in [-0.39, 0.29) is 6.10 Å². The number of nitrogens with two attached hydrogens (primary N) is 1. The summed E-state index contributed by atoms with van der Waals surface area (Å²) in [5, 5.41) is 0. The van der Waals surface area contributed by atoms with Crippen LogP contribution in [0.25, 0.3) is 0 Å². The first kappa shape index (κ1) is 9.69. The van der Waals surface area contributed by atoms with E-state index in [0.717, 1.165) is 19.4 Å². The second-order valence-electron chi connectivity index (χ2n) is 4.00. The van der Waals surface area contributed by atoms with Crippen LogP contribution in [-0.4, -0.2) is 12.6 Å². The Labute approximate surface area is 85.1 Å². The number of ether oxygens (including phenoxy) is 1.